The minimum Gasteiger partial charge on any atom is -0.504 e. The summed E-state index contributed by atoms with van der Waals surface area (Å²) in [5.74, 6) is -3.47. The largest absolute Gasteiger partial charge is 0.504 e. The van der Waals surface area contributed by atoms with Crippen LogP contribution in [0.1, 0.15) is 15.9 Å². The van der Waals surface area contributed by atoms with Crippen LogP contribution in [0.15, 0.2) is 36.4 Å². The molecule has 1 heterocycles. The fraction of sp³-hybridized carbons (Fsp3) is 0.286. The number of aliphatic hydroxyl groups excluding tert-OH is 4. The normalized spacial score (nSPS) is 25.7. The SMILES string of the molecule is O=C(/C=C/c1ccc(O)c(O)c1)c1ccc(O[C@H]2O[C@@H](CO)[C@H](O)[C@@H](O)[C@@H]2O)c(O)c1O. The van der Waals surface area contributed by atoms with Crippen LogP contribution in [0, 0.1) is 0 Å². The fourth-order valence-corrected chi connectivity index (χ4v) is 3.05. The lowest BCUT2D eigenvalue weighted by atomic mass is 9.99. The van der Waals surface area contributed by atoms with Crippen molar-refractivity contribution in [3.05, 3.63) is 47.5 Å². The van der Waals surface area contributed by atoms with E-state index in [9.17, 15) is 45.6 Å². The van der Waals surface area contributed by atoms with Crippen LogP contribution in [-0.2, 0) is 4.74 Å². The van der Waals surface area contributed by atoms with Gasteiger partial charge in [0.25, 0.3) is 0 Å². The summed E-state index contributed by atoms with van der Waals surface area (Å²) in [6, 6.07) is 6.13. The molecule has 11 nitrogen and oxygen atoms in total. The third-order valence-corrected chi connectivity index (χ3v) is 4.90. The molecule has 0 radical (unpaired) electrons. The monoisotopic (exact) mass is 450 g/mol. The van der Waals surface area contributed by atoms with Crippen molar-refractivity contribution in [2.75, 3.05) is 6.61 Å². The van der Waals surface area contributed by atoms with Crippen LogP contribution in [0.2, 0.25) is 0 Å². The van der Waals surface area contributed by atoms with Crippen molar-refractivity contribution >= 4 is 11.9 Å². The molecule has 0 bridgehead atoms. The summed E-state index contributed by atoms with van der Waals surface area (Å²) in [6.07, 6.45) is -5.49. The maximum atomic E-state index is 12.4. The van der Waals surface area contributed by atoms with Crippen LogP contribution in [0.5, 0.6) is 28.7 Å². The van der Waals surface area contributed by atoms with Crippen LogP contribution < -0.4 is 4.74 Å². The summed E-state index contributed by atoms with van der Waals surface area (Å²) >= 11 is 0. The zero-order valence-corrected chi connectivity index (χ0v) is 16.4. The van der Waals surface area contributed by atoms with Gasteiger partial charge in [-0.1, -0.05) is 12.1 Å². The maximum Gasteiger partial charge on any atom is 0.229 e. The molecule has 0 aromatic heterocycles. The van der Waals surface area contributed by atoms with E-state index in [0.717, 1.165) is 18.2 Å². The van der Waals surface area contributed by atoms with Crippen molar-refractivity contribution in [1.82, 2.24) is 0 Å². The molecule has 0 amide bonds. The van der Waals surface area contributed by atoms with Gasteiger partial charge in [0, 0.05) is 0 Å². The first-order valence-corrected chi connectivity index (χ1v) is 9.40. The highest BCUT2D eigenvalue weighted by Gasteiger charge is 2.45. The minimum absolute atomic E-state index is 0.289. The zero-order valence-electron chi connectivity index (χ0n) is 16.4. The first-order chi connectivity index (χ1) is 15.1. The Kier molecular flexibility index (Phi) is 6.87. The number of benzene rings is 2. The smallest absolute Gasteiger partial charge is 0.229 e. The Labute approximate surface area is 181 Å². The van der Waals surface area contributed by atoms with Crippen molar-refractivity contribution < 1.29 is 55.1 Å². The summed E-state index contributed by atoms with van der Waals surface area (Å²) in [7, 11) is 0. The number of aromatic hydroxyl groups is 4. The van der Waals surface area contributed by atoms with Gasteiger partial charge in [0.2, 0.25) is 12.0 Å². The average molecular weight is 450 g/mol. The molecule has 1 fully saturated rings. The van der Waals surface area contributed by atoms with Gasteiger partial charge in [0.1, 0.15) is 24.4 Å². The van der Waals surface area contributed by atoms with E-state index in [2.05, 4.69) is 0 Å². The number of hydrogen-bond acceptors (Lipinski definition) is 11. The number of carbonyl (C=O) groups excluding carboxylic acids is 1. The van der Waals surface area contributed by atoms with Crippen molar-refractivity contribution in [3.63, 3.8) is 0 Å². The van der Waals surface area contributed by atoms with E-state index >= 15 is 0 Å². The number of ketones is 1. The molecular weight excluding hydrogens is 428 g/mol. The van der Waals surface area contributed by atoms with Gasteiger partial charge >= 0.3 is 0 Å². The molecule has 11 heteroatoms. The van der Waals surface area contributed by atoms with E-state index < -0.39 is 60.3 Å². The second-order valence-corrected chi connectivity index (χ2v) is 7.07. The second kappa shape index (κ2) is 9.42. The Bertz CT molecular complexity index is 1020. The van der Waals surface area contributed by atoms with Crippen molar-refractivity contribution in [2.45, 2.75) is 30.7 Å². The van der Waals surface area contributed by atoms with Gasteiger partial charge in [-0.2, -0.15) is 0 Å². The summed E-state index contributed by atoms with van der Waals surface area (Å²) < 4.78 is 10.4. The van der Waals surface area contributed by atoms with Gasteiger partial charge in [0.15, 0.2) is 28.8 Å². The molecule has 3 rings (SSSR count). The quantitative estimate of drug-likeness (QED) is 0.162. The topological polar surface area (TPSA) is 197 Å². The van der Waals surface area contributed by atoms with Crippen LogP contribution in [0.25, 0.3) is 6.08 Å². The molecule has 0 aliphatic carbocycles. The number of allylic oxidation sites excluding steroid dienone is 1. The maximum absolute atomic E-state index is 12.4. The number of carbonyl (C=O) groups is 1. The molecule has 0 spiro atoms. The highest BCUT2D eigenvalue weighted by Crippen LogP contribution is 2.40. The van der Waals surface area contributed by atoms with Gasteiger partial charge < -0.3 is 50.3 Å². The lowest BCUT2D eigenvalue weighted by Crippen LogP contribution is -2.60. The van der Waals surface area contributed by atoms with E-state index in [1.807, 2.05) is 0 Å². The van der Waals surface area contributed by atoms with Gasteiger partial charge in [-0.15, -0.1) is 0 Å². The van der Waals surface area contributed by atoms with Gasteiger partial charge in [0.05, 0.1) is 12.2 Å². The molecule has 5 atom stereocenters. The van der Waals surface area contributed by atoms with Gasteiger partial charge in [-0.05, 0) is 35.9 Å². The Morgan fingerprint density at radius 2 is 1.66 bits per heavy atom. The minimum atomic E-state index is -1.74. The molecule has 0 saturated carbocycles. The van der Waals surface area contributed by atoms with Crippen molar-refractivity contribution in [3.8, 4) is 28.7 Å². The molecule has 2 aromatic rings. The number of phenols is 4. The number of rotatable bonds is 6. The molecular formula is C21H22O11. The number of phenolic OH excluding ortho intramolecular Hbond substituents is 4. The molecule has 32 heavy (non-hydrogen) atoms. The predicted molar refractivity (Wildman–Crippen MR) is 107 cm³/mol. The molecule has 0 unspecified atom stereocenters. The first kappa shape index (κ1) is 23.3. The third-order valence-electron chi connectivity index (χ3n) is 4.90. The number of hydrogen-bond donors (Lipinski definition) is 8. The van der Waals surface area contributed by atoms with Crippen LogP contribution >= 0.6 is 0 Å². The standard InChI is InChI=1S/C21H22O11/c22-8-15-18(28)19(29)20(30)21(32-15)31-14-6-3-10(16(26)17(14)27)11(23)4-1-9-2-5-12(24)13(25)7-9/h1-7,15,18-22,24-30H,8H2/b4-1+/t15-,18-,19+,20-,21-/m0/s1. The molecule has 1 aliphatic rings. The molecule has 1 saturated heterocycles. The predicted octanol–water partition coefficient (Wildman–Crippen LogP) is -0.416. The van der Waals surface area contributed by atoms with Crippen LogP contribution in [0.4, 0.5) is 0 Å². The first-order valence-electron chi connectivity index (χ1n) is 9.40. The average Bonchev–Trinajstić information content (AvgIpc) is 2.77. The Hall–Kier alpha value is -3.35. The number of aliphatic hydroxyl groups is 4. The summed E-state index contributed by atoms with van der Waals surface area (Å²) in [4.78, 5) is 12.4. The van der Waals surface area contributed by atoms with E-state index in [4.69, 9.17) is 9.47 Å². The van der Waals surface area contributed by atoms with E-state index in [1.165, 1.54) is 24.3 Å². The van der Waals surface area contributed by atoms with Crippen LogP contribution in [-0.4, -0.2) is 83.9 Å². The van der Waals surface area contributed by atoms with Crippen LogP contribution in [0.3, 0.4) is 0 Å². The third kappa shape index (κ3) is 4.61. The van der Waals surface area contributed by atoms with E-state index in [1.54, 1.807) is 0 Å². The molecule has 172 valence electrons. The van der Waals surface area contributed by atoms with E-state index in [0.29, 0.717) is 5.56 Å². The second-order valence-electron chi connectivity index (χ2n) is 7.07. The fourth-order valence-electron chi connectivity index (χ4n) is 3.05. The Morgan fingerprint density at radius 3 is 2.31 bits per heavy atom. The van der Waals surface area contributed by atoms with E-state index in [-0.39, 0.29) is 17.1 Å². The summed E-state index contributed by atoms with van der Waals surface area (Å²) in [6.45, 7) is -0.680. The zero-order chi connectivity index (χ0) is 23.6. The van der Waals surface area contributed by atoms with Crippen molar-refractivity contribution in [1.29, 1.82) is 0 Å². The Morgan fingerprint density at radius 1 is 0.938 bits per heavy atom. The summed E-state index contributed by atoms with van der Waals surface area (Å²) in [5.41, 5.74) is 0.0998. The Balaban J connectivity index is 1.78. The molecule has 2 aromatic carbocycles. The van der Waals surface area contributed by atoms with Gasteiger partial charge in [-0.25, -0.2) is 0 Å². The number of ether oxygens (including phenoxy) is 2. The lowest BCUT2D eigenvalue weighted by Gasteiger charge is -2.39. The molecule has 8 N–H and O–H groups in total. The lowest BCUT2D eigenvalue weighted by molar-refractivity contribution is -0.277. The highest BCUT2D eigenvalue weighted by molar-refractivity contribution is 6.09. The van der Waals surface area contributed by atoms with Gasteiger partial charge in [-0.3, -0.25) is 4.79 Å². The van der Waals surface area contributed by atoms with Crippen molar-refractivity contribution in [2.24, 2.45) is 0 Å². The molecule has 1 aliphatic heterocycles. The summed E-state index contributed by atoms with van der Waals surface area (Å²) in [5, 5.41) is 78.1. The highest BCUT2D eigenvalue weighted by atomic mass is 16.7.